The monoisotopic (exact) mass is 163 g/mol. The first-order valence-corrected chi connectivity index (χ1v) is 4.47. The summed E-state index contributed by atoms with van der Waals surface area (Å²) in [6.45, 7) is 0. The Morgan fingerprint density at radius 2 is 2.20 bits per heavy atom. The lowest BCUT2D eigenvalue weighted by Gasteiger charge is -2.07. The van der Waals surface area contributed by atoms with Crippen LogP contribution in [0.3, 0.4) is 0 Å². The Kier molecular flexibility index (Phi) is 1.78. The van der Waals surface area contributed by atoms with E-state index in [1.807, 2.05) is 0 Å². The molecule has 0 amide bonds. The van der Waals surface area contributed by atoms with Gasteiger partial charge < -0.3 is 5.11 Å². The van der Waals surface area contributed by atoms with Gasteiger partial charge in [-0.2, -0.15) is 0 Å². The van der Waals surface area contributed by atoms with E-state index in [-0.39, 0.29) is 0 Å². The number of hydrogen-bond acceptors (Lipinski definition) is 2. The second-order valence-electron chi connectivity index (χ2n) is 2.44. The van der Waals surface area contributed by atoms with Crippen molar-refractivity contribution in [2.45, 2.75) is 18.4 Å². The normalized spacial score (nSPS) is 23.7. The number of aliphatic carboxylic acids is 1. The van der Waals surface area contributed by atoms with Crippen LogP contribution in [0.25, 0.3) is 0 Å². The predicted molar refractivity (Wildman–Crippen MR) is 36.8 cm³/mol. The highest BCUT2D eigenvalue weighted by Gasteiger charge is 2.51. The molecule has 1 aliphatic rings. The minimum absolute atomic E-state index is 0.585. The van der Waals surface area contributed by atoms with Crippen molar-refractivity contribution >= 4 is 17.0 Å². The van der Waals surface area contributed by atoms with Gasteiger partial charge in [0.2, 0.25) is 0 Å². The minimum Gasteiger partial charge on any atom is -0.480 e. The molecule has 0 aromatic rings. The van der Waals surface area contributed by atoms with E-state index in [1.54, 1.807) is 0 Å². The van der Waals surface area contributed by atoms with E-state index in [4.69, 9.17) is 5.11 Å². The van der Waals surface area contributed by atoms with Crippen LogP contribution in [0.2, 0.25) is 0 Å². The van der Waals surface area contributed by atoms with Crippen LogP contribution in [-0.2, 0) is 15.8 Å². The topological polar surface area (TPSA) is 66.4 Å². The average molecular weight is 163 g/mol. The van der Waals surface area contributed by atoms with Crippen molar-refractivity contribution in [2.24, 2.45) is 0 Å². The molecule has 1 fully saturated rings. The summed E-state index contributed by atoms with van der Waals surface area (Å²) in [5, 5.41) is 8.56. The molecule has 2 N–H and O–H groups in total. The van der Waals surface area contributed by atoms with E-state index in [0.717, 1.165) is 0 Å². The van der Waals surface area contributed by atoms with E-state index >= 15 is 0 Å². The Hall–Kier alpha value is -0.420. The quantitative estimate of drug-likeness (QED) is 0.588. The van der Waals surface area contributed by atoms with Gasteiger partial charge in [-0.15, -0.1) is 0 Å². The highest BCUT2D eigenvalue weighted by molar-refractivity contribution is 7.82. The van der Waals surface area contributed by atoms with Gasteiger partial charge >= 0.3 is 5.97 Å². The Labute approximate surface area is 61.2 Å². The fourth-order valence-electron chi connectivity index (χ4n) is 0.760. The maximum Gasteiger partial charge on any atom is 0.324 e. The van der Waals surface area contributed by atoms with Crippen LogP contribution in [0.4, 0.5) is 0 Å². The molecule has 58 valence electrons. The minimum atomic E-state index is -1.22. The van der Waals surface area contributed by atoms with E-state index < -0.39 is 22.5 Å². The summed E-state index contributed by atoms with van der Waals surface area (Å²) < 4.78 is 13.0. The number of carboxylic acids is 1. The second-order valence-corrected chi connectivity index (χ2v) is 3.56. The summed E-state index contributed by atoms with van der Waals surface area (Å²) in [6, 6.07) is 0. The van der Waals surface area contributed by atoms with E-state index in [9.17, 15) is 9.00 Å². The molecule has 0 heterocycles. The molecule has 4 nitrogen and oxygen atoms in total. The molecule has 5 heteroatoms. The molecule has 0 spiro atoms. The molecule has 0 aliphatic heterocycles. The smallest absolute Gasteiger partial charge is 0.324 e. The standard InChI is InChI=1S/C5H9NO3S/c1-10(9)6-5(2-3-5)4(7)8/h6H,2-3H2,1H3,(H,7,8). The molecule has 0 radical (unpaired) electrons. The molecular formula is C5H9NO3S. The van der Waals surface area contributed by atoms with Gasteiger partial charge in [-0.3, -0.25) is 4.79 Å². The van der Waals surface area contributed by atoms with Crippen molar-refractivity contribution in [2.75, 3.05) is 6.26 Å². The molecule has 1 unspecified atom stereocenters. The molecule has 1 atom stereocenters. The average Bonchev–Trinajstić information content (AvgIpc) is 2.46. The van der Waals surface area contributed by atoms with Gasteiger partial charge in [-0.1, -0.05) is 0 Å². The molecule has 1 saturated carbocycles. The molecular weight excluding hydrogens is 154 g/mol. The Morgan fingerprint density at radius 3 is 2.30 bits per heavy atom. The van der Waals surface area contributed by atoms with E-state index in [1.165, 1.54) is 6.26 Å². The van der Waals surface area contributed by atoms with Crippen LogP contribution >= 0.6 is 0 Å². The fourth-order valence-corrected chi connectivity index (χ4v) is 1.60. The first kappa shape index (κ1) is 7.68. The zero-order valence-corrected chi connectivity index (χ0v) is 6.40. The number of carboxylic acid groups (broad SMARTS) is 1. The summed E-state index contributed by atoms with van der Waals surface area (Å²) >= 11 is 0. The largest absolute Gasteiger partial charge is 0.480 e. The lowest BCUT2D eigenvalue weighted by atomic mass is 10.3. The van der Waals surface area contributed by atoms with E-state index in [0.29, 0.717) is 12.8 Å². The van der Waals surface area contributed by atoms with Gasteiger partial charge in [0.1, 0.15) is 5.54 Å². The number of rotatable bonds is 3. The van der Waals surface area contributed by atoms with E-state index in [2.05, 4.69) is 4.72 Å². The van der Waals surface area contributed by atoms with Crippen LogP contribution in [0.15, 0.2) is 0 Å². The third kappa shape index (κ3) is 1.35. The third-order valence-electron chi connectivity index (χ3n) is 1.50. The van der Waals surface area contributed by atoms with Crippen LogP contribution in [0.5, 0.6) is 0 Å². The van der Waals surface area contributed by atoms with Gasteiger partial charge in [0, 0.05) is 6.26 Å². The summed E-state index contributed by atoms with van der Waals surface area (Å²) in [5.74, 6) is -0.900. The first-order valence-electron chi connectivity index (χ1n) is 2.91. The van der Waals surface area contributed by atoms with Gasteiger partial charge in [0.05, 0.1) is 11.0 Å². The fraction of sp³-hybridized carbons (Fsp3) is 0.800. The highest BCUT2D eigenvalue weighted by atomic mass is 32.2. The molecule has 0 bridgehead atoms. The molecule has 0 aromatic heterocycles. The zero-order valence-electron chi connectivity index (χ0n) is 5.59. The van der Waals surface area contributed by atoms with Crippen LogP contribution in [-0.4, -0.2) is 27.1 Å². The highest BCUT2D eigenvalue weighted by Crippen LogP contribution is 2.35. The summed E-state index contributed by atoms with van der Waals surface area (Å²) in [4.78, 5) is 10.4. The van der Waals surface area contributed by atoms with Gasteiger partial charge in [0.15, 0.2) is 0 Å². The number of hydrogen-bond donors (Lipinski definition) is 2. The maximum atomic E-state index is 10.5. The lowest BCUT2D eigenvalue weighted by molar-refractivity contribution is -0.140. The number of nitrogens with one attached hydrogen (secondary N) is 1. The van der Waals surface area contributed by atoms with Crippen molar-refractivity contribution in [3.8, 4) is 0 Å². The SMILES string of the molecule is CS(=O)NC1(C(=O)O)CC1. The zero-order chi connectivity index (χ0) is 7.78. The Morgan fingerprint density at radius 1 is 1.70 bits per heavy atom. The summed E-state index contributed by atoms with van der Waals surface area (Å²) in [6.07, 6.45) is 2.60. The van der Waals surface area contributed by atoms with Crippen LogP contribution in [0, 0.1) is 0 Å². The molecule has 10 heavy (non-hydrogen) atoms. The second kappa shape index (κ2) is 2.32. The maximum absolute atomic E-state index is 10.5. The predicted octanol–water partition coefficient (Wildman–Crippen LogP) is -0.513. The third-order valence-corrected chi connectivity index (χ3v) is 2.18. The van der Waals surface area contributed by atoms with Crippen molar-refractivity contribution in [1.29, 1.82) is 0 Å². The van der Waals surface area contributed by atoms with Crippen molar-refractivity contribution in [3.05, 3.63) is 0 Å². The van der Waals surface area contributed by atoms with Crippen molar-refractivity contribution in [3.63, 3.8) is 0 Å². The molecule has 1 rings (SSSR count). The van der Waals surface area contributed by atoms with Crippen molar-refractivity contribution in [1.82, 2.24) is 4.72 Å². The summed E-state index contributed by atoms with van der Waals surface area (Å²) in [5.41, 5.74) is -0.861. The Balaban J connectivity index is 2.53. The van der Waals surface area contributed by atoms with Gasteiger partial charge in [-0.25, -0.2) is 8.93 Å². The van der Waals surface area contributed by atoms with Crippen molar-refractivity contribution < 1.29 is 14.1 Å². The number of carbonyl (C=O) groups is 1. The van der Waals surface area contributed by atoms with Crippen LogP contribution < -0.4 is 4.72 Å². The molecule has 0 saturated heterocycles. The first-order chi connectivity index (χ1) is 4.57. The molecule has 1 aliphatic carbocycles. The molecule has 0 aromatic carbocycles. The Bertz CT molecular complexity index is 187. The van der Waals surface area contributed by atoms with Gasteiger partial charge in [-0.05, 0) is 12.8 Å². The summed E-state index contributed by atoms with van der Waals surface area (Å²) in [7, 11) is -1.22. The van der Waals surface area contributed by atoms with Crippen LogP contribution in [0.1, 0.15) is 12.8 Å². The lowest BCUT2D eigenvalue weighted by Crippen LogP contribution is -2.39. The van der Waals surface area contributed by atoms with Gasteiger partial charge in [0.25, 0.3) is 0 Å².